The summed E-state index contributed by atoms with van der Waals surface area (Å²) in [5, 5.41) is 14.3. The predicted molar refractivity (Wildman–Crippen MR) is 117 cm³/mol. The maximum atomic E-state index is 13.9. The van der Waals surface area contributed by atoms with Crippen molar-refractivity contribution in [1.82, 2.24) is 9.88 Å². The van der Waals surface area contributed by atoms with Crippen LogP contribution in [-0.4, -0.2) is 40.1 Å². The van der Waals surface area contributed by atoms with Gasteiger partial charge in [0.2, 0.25) is 5.91 Å². The number of nitro groups is 1. The first kappa shape index (κ1) is 20.0. The van der Waals surface area contributed by atoms with E-state index in [4.69, 9.17) is 0 Å². The molecule has 160 valence electrons. The van der Waals surface area contributed by atoms with Crippen LogP contribution in [0.25, 0.3) is 0 Å². The first-order valence-electron chi connectivity index (χ1n) is 10.3. The number of aromatic nitrogens is 1. The van der Waals surface area contributed by atoms with Crippen LogP contribution in [-0.2, 0) is 10.3 Å². The van der Waals surface area contributed by atoms with Gasteiger partial charge in [0.25, 0.3) is 5.69 Å². The number of likely N-dealkylation sites (tertiary alicyclic amines) is 1. The second-order valence-corrected chi connectivity index (χ2v) is 8.18. The van der Waals surface area contributed by atoms with Gasteiger partial charge in [-0.15, -0.1) is 0 Å². The zero-order valence-corrected chi connectivity index (χ0v) is 17.3. The number of benzene rings is 2. The Morgan fingerprint density at radius 2 is 1.91 bits per heavy atom. The van der Waals surface area contributed by atoms with Crippen LogP contribution in [0.4, 0.5) is 11.4 Å². The molecule has 1 saturated heterocycles. The summed E-state index contributed by atoms with van der Waals surface area (Å²) in [6.45, 7) is 0.393. The van der Waals surface area contributed by atoms with Gasteiger partial charge in [0.1, 0.15) is 5.54 Å². The molecule has 3 unspecified atom stereocenters. The molecular weight excluding hydrogens is 408 g/mol. The number of rotatable bonds is 4. The zero-order chi connectivity index (χ0) is 22.5. The Balaban J connectivity index is 1.73. The van der Waals surface area contributed by atoms with Crippen LogP contribution >= 0.6 is 0 Å². The van der Waals surface area contributed by atoms with Gasteiger partial charge in [-0.1, -0.05) is 30.3 Å². The van der Waals surface area contributed by atoms with Crippen LogP contribution in [0.15, 0.2) is 73.1 Å². The van der Waals surface area contributed by atoms with Crippen LogP contribution in [0.2, 0.25) is 0 Å². The van der Waals surface area contributed by atoms with E-state index in [1.54, 1.807) is 36.7 Å². The van der Waals surface area contributed by atoms with Crippen molar-refractivity contribution in [2.24, 2.45) is 5.92 Å². The topological polar surface area (TPSA) is 105 Å². The molecule has 3 aromatic rings. The van der Waals surface area contributed by atoms with Gasteiger partial charge in [-0.2, -0.15) is 0 Å². The van der Waals surface area contributed by atoms with E-state index in [0.717, 1.165) is 5.56 Å². The van der Waals surface area contributed by atoms with Gasteiger partial charge in [-0.3, -0.25) is 29.6 Å². The summed E-state index contributed by atoms with van der Waals surface area (Å²) >= 11 is 0. The molecule has 8 heteroatoms. The third-order valence-corrected chi connectivity index (χ3v) is 6.61. The molecule has 8 nitrogen and oxygen atoms in total. The molecule has 0 radical (unpaired) electrons. The number of pyridine rings is 1. The largest absolute Gasteiger partial charge is 0.324 e. The Labute approximate surface area is 184 Å². The molecule has 2 aliphatic heterocycles. The van der Waals surface area contributed by atoms with Gasteiger partial charge in [-0.05, 0) is 30.8 Å². The number of carbonyl (C=O) groups is 2. The fourth-order valence-electron chi connectivity index (χ4n) is 5.26. The number of anilines is 1. The highest BCUT2D eigenvalue weighted by Gasteiger charge is 2.64. The molecule has 2 aliphatic rings. The minimum Gasteiger partial charge on any atom is -0.324 e. The van der Waals surface area contributed by atoms with Gasteiger partial charge < -0.3 is 5.32 Å². The summed E-state index contributed by atoms with van der Waals surface area (Å²) in [6.07, 6.45) is 3.09. The highest BCUT2D eigenvalue weighted by molar-refractivity contribution is 6.12. The number of fused-ring (bicyclic) bond motifs is 2. The van der Waals surface area contributed by atoms with Crippen molar-refractivity contribution < 1.29 is 14.5 Å². The highest BCUT2D eigenvalue weighted by atomic mass is 16.6. The van der Waals surface area contributed by atoms with Crippen molar-refractivity contribution in [2.75, 3.05) is 18.9 Å². The Morgan fingerprint density at radius 3 is 2.66 bits per heavy atom. The lowest BCUT2D eigenvalue weighted by molar-refractivity contribution is -0.384. The fraction of sp³-hybridized carbons (Fsp3) is 0.208. The monoisotopic (exact) mass is 428 g/mol. The SMILES string of the molecule is CN1CC(c2cccc([N+](=O)[O-])c2)C(C(=O)c2ccncc2)C12C(=O)Nc1ccccc12. The maximum Gasteiger partial charge on any atom is 0.269 e. The lowest BCUT2D eigenvalue weighted by Crippen LogP contribution is -2.51. The minimum atomic E-state index is -1.22. The molecule has 3 atom stereocenters. The number of nitrogens with zero attached hydrogens (tertiary/aromatic N) is 3. The number of nitro benzene ring substituents is 1. The molecule has 32 heavy (non-hydrogen) atoms. The Kier molecular flexibility index (Phi) is 4.60. The summed E-state index contributed by atoms with van der Waals surface area (Å²) in [5.41, 5.74) is 1.27. The fourth-order valence-corrected chi connectivity index (χ4v) is 5.26. The van der Waals surface area contributed by atoms with Crippen LogP contribution in [0, 0.1) is 16.0 Å². The van der Waals surface area contributed by atoms with Crippen molar-refractivity contribution in [3.05, 3.63) is 99.9 Å². The second kappa shape index (κ2) is 7.35. The molecule has 0 aliphatic carbocycles. The van der Waals surface area contributed by atoms with Gasteiger partial charge in [0, 0.05) is 53.8 Å². The number of carbonyl (C=O) groups excluding carboxylic acids is 2. The van der Waals surface area contributed by atoms with Gasteiger partial charge in [0.15, 0.2) is 5.78 Å². The number of amides is 1. The van der Waals surface area contributed by atoms with Gasteiger partial charge in [0.05, 0.1) is 10.8 Å². The number of hydrogen-bond acceptors (Lipinski definition) is 6. The first-order chi connectivity index (χ1) is 15.4. The smallest absolute Gasteiger partial charge is 0.269 e. The summed E-state index contributed by atoms with van der Waals surface area (Å²) < 4.78 is 0. The third-order valence-electron chi connectivity index (χ3n) is 6.61. The summed E-state index contributed by atoms with van der Waals surface area (Å²) in [7, 11) is 1.83. The Hall–Kier alpha value is -3.91. The normalized spacial score (nSPS) is 24.3. The van der Waals surface area contributed by atoms with Crippen molar-refractivity contribution in [3.8, 4) is 0 Å². The molecule has 0 saturated carbocycles. The Bertz CT molecular complexity index is 1250. The van der Waals surface area contributed by atoms with E-state index in [0.29, 0.717) is 23.4 Å². The number of ketones is 1. The van der Waals surface area contributed by atoms with E-state index < -0.39 is 22.3 Å². The van der Waals surface area contributed by atoms with Crippen LogP contribution in [0.1, 0.15) is 27.4 Å². The first-order valence-corrected chi connectivity index (χ1v) is 10.3. The average molecular weight is 428 g/mol. The number of hydrogen-bond donors (Lipinski definition) is 1. The van der Waals surface area contributed by atoms with Crippen molar-refractivity contribution in [1.29, 1.82) is 0 Å². The van der Waals surface area contributed by atoms with Crippen molar-refractivity contribution in [3.63, 3.8) is 0 Å². The van der Waals surface area contributed by atoms with Crippen molar-refractivity contribution >= 4 is 23.1 Å². The molecule has 1 amide bonds. The van der Waals surface area contributed by atoms with E-state index in [1.807, 2.05) is 36.2 Å². The zero-order valence-electron chi connectivity index (χ0n) is 17.3. The molecule has 2 aromatic carbocycles. The number of para-hydroxylation sites is 1. The molecule has 1 spiro atoms. The van der Waals surface area contributed by atoms with Gasteiger partial charge >= 0.3 is 0 Å². The van der Waals surface area contributed by atoms with E-state index in [-0.39, 0.29) is 17.4 Å². The van der Waals surface area contributed by atoms with Gasteiger partial charge in [-0.25, -0.2) is 0 Å². The van der Waals surface area contributed by atoms with E-state index >= 15 is 0 Å². The van der Waals surface area contributed by atoms with Crippen LogP contribution < -0.4 is 5.32 Å². The number of non-ortho nitro benzene ring substituents is 1. The molecule has 1 aromatic heterocycles. The standard InChI is InChI=1S/C24H20N4O4/c1-27-14-18(16-5-4-6-17(13-16)28(31)32)21(22(29)15-9-11-25-12-10-15)24(27)19-7-2-3-8-20(19)26-23(24)30/h2-13,18,21H,14H2,1H3,(H,26,30). The lowest BCUT2D eigenvalue weighted by atomic mass is 9.70. The number of Topliss-reactive ketones (excluding diaryl/α,β-unsaturated/α-hetero) is 1. The number of nitrogens with one attached hydrogen (secondary N) is 1. The van der Waals surface area contributed by atoms with E-state index in [9.17, 15) is 19.7 Å². The van der Waals surface area contributed by atoms with E-state index in [2.05, 4.69) is 10.3 Å². The maximum absolute atomic E-state index is 13.9. The quantitative estimate of drug-likeness (QED) is 0.388. The summed E-state index contributed by atoms with van der Waals surface area (Å²) in [6, 6.07) is 17.0. The predicted octanol–water partition coefficient (Wildman–Crippen LogP) is 3.37. The Morgan fingerprint density at radius 1 is 1.16 bits per heavy atom. The molecular formula is C24H20N4O4. The molecule has 3 heterocycles. The van der Waals surface area contributed by atoms with Crippen molar-refractivity contribution in [2.45, 2.75) is 11.5 Å². The van der Waals surface area contributed by atoms with Crippen LogP contribution in [0.3, 0.4) is 0 Å². The summed E-state index contributed by atoms with van der Waals surface area (Å²) in [5.74, 6) is -1.65. The molecule has 0 bridgehead atoms. The second-order valence-electron chi connectivity index (χ2n) is 8.18. The average Bonchev–Trinajstić information content (AvgIpc) is 3.29. The lowest BCUT2D eigenvalue weighted by Gasteiger charge is -2.35. The molecule has 1 fully saturated rings. The summed E-state index contributed by atoms with van der Waals surface area (Å²) in [4.78, 5) is 44.3. The third kappa shape index (κ3) is 2.76. The molecule has 1 N–H and O–H groups in total. The van der Waals surface area contributed by atoms with E-state index in [1.165, 1.54) is 12.1 Å². The minimum absolute atomic E-state index is 0.0440. The molecule has 5 rings (SSSR count). The highest BCUT2D eigenvalue weighted by Crippen LogP contribution is 2.55. The van der Waals surface area contributed by atoms with Crippen LogP contribution in [0.5, 0.6) is 0 Å². The number of likely N-dealkylation sites (N-methyl/N-ethyl adjacent to an activating group) is 1.